The average Bonchev–Trinajstić information content (AvgIpc) is 3.04. The molecule has 6 heteroatoms. The largest absolute Gasteiger partial charge is 0.497 e. The van der Waals surface area contributed by atoms with E-state index in [-0.39, 0.29) is 18.5 Å². The first kappa shape index (κ1) is 17.5. The first-order valence-electron chi connectivity index (χ1n) is 8.08. The molecule has 1 fully saturated rings. The Morgan fingerprint density at radius 1 is 1.24 bits per heavy atom. The number of carbonyl (C=O) groups excluding carboxylic acids is 2. The molecule has 0 saturated carbocycles. The summed E-state index contributed by atoms with van der Waals surface area (Å²) < 4.78 is 6.02. The minimum Gasteiger partial charge on any atom is -0.497 e. The number of rotatable bonds is 5. The molecule has 0 atom stereocenters. The summed E-state index contributed by atoms with van der Waals surface area (Å²) in [6, 6.07) is 14.5. The van der Waals surface area contributed by atoms with Gasteiger partial charge in [-0.15, -0.1) is 0 Å². The van der Waals surface area contributed by atoms with Crippen LogP contribution in [-0.4, -0.2) is 37.0 Å². The number of carbonyl (C=O) groups is 2. The van der Waals surface area contributed by atoms with E-state index in [0.717, 1.165) is 22.3 Å². The van der Waals surface area contributed by atoms with Gasteiger partial charge in [0.15, 0.2) is 0 Å². The Balaban J connectivity index is 1.92. The van der Waals surface area contributed by atoms with Gasteiger partial charge in [-0.05, 0) is 48.9 Å². The third kappa shape index (κ3) is 4.02. The lowest BCUT2D eigenvalue weighted by molar-refractivity contribution is -0.127. The molecule has 2 aromatic rings. The first-order chi connectivity index (χ1) is 12.1. The molecular weight excluding hydrogens is 384 g/mol. The smallest absolute Gasteiger partial charge is 0.259 e. The van der Waals surface area contributed by atoms with Gasteiger partial charge in [-0.3, -0.25) is 14.5 Å². The zero-order chi connectivity index (χ0) is 17.8. The molecule has 0 aliphatic carbocycles. The van der Waals surface area contributed by atoms with Gasteiger partial charge in [-0.2, -0.15) is 0 Å². The number of amides is 2. The SMILES string of the molecule is COc1ccc(N(CN2CCCC2=O)C(=O)c2cccc(Br)c2)cc1. The molecule has 1 aliphatic rings. The molecule has 3 rings (SSSR count). The second-order valence-electron chi connectivity index (χ2n) is 5.84. The number of likely N-dealkylation sites (tertiary alicyclic amines) is 1. The molecule has 1 aliphatic heterocycles. The van der Waals surface area contributed by atoms with Gasteiger partial charge < -0.3 is 9.64 Å². The van der Waals surface area contributed by atoms with E-state index in [1.807, 2.05) is 36.4 Å². The van der Waals surface area contributed by atoms with Crippen molar-refractivity contribution >= 4 is 33.4 Å². The highest BCUT2D eigenvalue weighted by Gasteiger charge is 2.26. The second kappa shape index (κ2) is 7.70. The molecule has 1 saturated heterocycles. The molecule has 5 nitrogen and oxygen atoms in total. The number of anilines is 1. The molecule has 130 valence electrons. The number of ether oxygens (including phenoxy) is 1. The highest BCUT2D eigenvalue weighted by atomic mass is 79.9. The summed E-state index contributed by atoms with van der Waals surface area (Å²) in [6.45, 7) is 0.924. The molecule has 0 unspecified atom stereocenters. The van der Waals surface area contributed by atoms with E-state index < -0.39 is 0 Å². The first-order valence-corrected chi connectivity index (χ1v) is 8.87. The number of hydrogen-bond acceptors (Lipinski definition) is 3. The van der Waals surface area contributed by atoms with E-state index in [4.69, 9.17) is 4.74 Å². The third-order valence-corrected chi connectivity index (χ3v) is 4.68. The van der Waals surface area contributed by atoms with E-state index in [9.17, 15) is 9.59 Å². The van der Waals surface area contributed by atoms with Crippen LogP contribution >= 0.6 is 15.9 Å². The molecule has 25 heavy (non-hydrogen) atoms. The van der Waals surface area contributed by atoms with Crippen LogP contribution in [0.25, 0.3) is 0 Å². The maximum absolute atomic E-state index is 13.1. The normalized spacial score (nSPS) is 13.8. The van der Waals surface area contributed by atoms with Gasteiger partial charge in [-0.1, -0.05) is 22.0 Å². The Hall–Kier alpha value is -2.34. The van der Waals surface area contributed by atoms with Crippen LogP contribution in [0.1, 0.15) is 23.2 Å². The summed E-state index contributed by atoms with van der Waals surface area (Å²) in [5.74, 6) is 0.655. The van der Waals surface area contributed by atoms with Crippen LogP contribution in [0.15, 0.2) is 53.0 Å². The van der Waals surface area contributed by atoms with Crippen molar-refractivity contribution in [3.05, 3.63) is 58.6 Å². The number of nitrogens with zero attached hydrogens (tertiary/aromatic N) is 2. The minimum atomic E-state index is -0.147. The van der Waals surface area contributed by atoms with Gasteiger partial charge in [0.05, 0.1) is 7.11 Å². The van der Waals surface area contributed by atoms with Gasteiger partial charge in [0.2, 0.25) is 5.91 Å². The predicted molar refractivity (Wildman–Crippen MR) is 99.8 cm³/mol. The summed E-state index contributed by atoms with van der Waals surface area (Å²) in [6.07, 6.45) is 1.38. The van der Waals surface area contributed by atoms with E-state index in [1.54, 1.807) is 29.0 Å². The maximum atomic E-state index is 13.1. The molecule has 0 aromatic heterocycles. The molecular formula is C19H19BrN2O3. The van der Waals surface area contributed by atoms with Crippen molar-refractivity contribution in [3.8, 4) is 5.75 Å². The predicted octanol–water partition coefficient (Wildman–Crippen LogP) is 3.68. The number of halogens is 1. The van der Waals surface area contributed by atoms with Gasteiger partial charge >= 0.3 is 0 Å². The van der Waals surface area contributed by atoms with Crippen LogP contribution in [0.5, 0.6) is 5.75 Å². The Morgan fingerprint density at radius 2 is 2.00 bits per heavy atom. The zero-order valence-corrected chi connectivity index (χ0v) is 15.5. The van der Waals surface area contributed by atoms with E-state index in [2.05, 4.69) is 15.9 Å². The monoisotopic (exact) mass is 402 g/mol. The molecule has 0 spiro atoms. The number of methoxy groups -OCH3 is 1. The summed E-state index contributed by atoms with van der Waals surface area (Å²) >= 11 is 3.40. The molecule has 0 radical (unpaired) electrons. The Bertz CT molecular complexity index is 776. The van der Waals surface area contributed by atoms with Gasteiger partial charge in [0.1, 0.15) is 12.4 Å². The van der Waals surface area contributed by atoms with Crippen LogP contribution in [0, 0.1) is 0 Å². The zero-order valence-electron chi connectivity index (χ0n) is 13.9. The summed E-state index contributed by atoms with van der Waals surface area (Å²) in [4.78, 5) is 28.4. The minimum absolute atomic E-state index is 0.0838. The molecule has 2 amide bonds. The lowest BCUT2D eigenvalue weighted by Gasteiger charge is -2.28. The van der Waals surface area contributed by atoms with Gasteiger partial charge in [-0.25, -0.2) is 0 Å². The molecule has 1 heterocycles. The lowest BCUT2D eigenvalue weighted by atomic mass is 10.2. The van der Waals surface area contributed by atoms with Crippen LogP contribution in [0.3, 0.4) is 0 Å². The summed E-state index contributed by atoms with van der Waals surface area (Å²) in [7, 11) is 1.60. The molecule has 0 N–H and O–H groups in total. The van der Waals surface area contributed by atoms with Crippen LogP contribution in [0.2, 0.25) is 0 Å². The topological polar surface area (TPSA) is 49.9 Å². The summed E-state index contributed by atoms with van der Waals surface area (Å²) in [5.41, 5.74) is 1.29. The van der Waals surface area contributed by atoms with Crippen molar-refractivity contribution in [1.29, 1.82) is 0 Å². The fraction of sp³-hybridized carbons (Fsp3) is 0.263. The van der Waals surface area contributed by atoms with Crippen LogP contribution in [-0.2, 0) is 4.79 Å². The fourth-order valence-corrected chi connectivity index (χ4v) is 3.23. The van der Waals surface area contributed by atoms with E-state index >= 15 is 0 Å². The highest BCUT2D eigenvalue weighted by Crippen LogP contribution is 2.24. The third-order valence-electron chi connectivity index (χ3n) is 4.18. The van der Waals surface area contributed by atoms with Crippen molar-refractivity contribution in [3.63, 3.8) is 0 Å². The Kier molecular flexibility index (Phi) is 5.38. The van der Waals surface area contributed by atoms with Crippen molar-refractivity contribution in [2.75, 3.05) is 25.2 Å². The van der Waals surface area contributed by atoms with E-state index in [1.165, 1.54) is 0 Å². The van der Waals surface area contributed by atoms with Crippen molar-refractivity contribution < 1.29 is 14.3 Å². The van der Waals surface area contributed by atoms with Crippen LogP contribution in [0.4, 0.5) is 5.69 Å². The average molecular weight is 403 g/mol. The van der Waals surface area contributed by atoms with Crippen molar-refractivity contribution in [2.45, 2.75) is 12.8 Å². The van der Waals surface area contributed by atoms with E-state index in [0.29, 0.717) is 18.5 Å². The fourth-order valence-electron chi connectivity index (χ4n) is 2.83. The molecule has 0 bridgehead atoms. The standard InChI is InChI=1S/C19H19BrN2O3/c1-25-17-9-7-16(8-10-17)22(13-21-11-3-6-18(21)23)19(24)14-4-2-5-15(20)12-14/h2,4-5,7-10,12H,3,6,11,13H2,1H3. The highest BCUT2D eigenvalue weighted by molar-refractivity contribution is 9.10. The lowest BCUT2D eigenvalue weighted by Crippen LogP contribution is -2.42. The Labute approximate surface area is 155 Å². The number of hydrogen-bond donors (Lipinski definition) is 0. The Morgan fingerprint density at radius 3 is 2.60 bits per heavy atom. The van der Waals surface area contributed by atoms with Crippen molar-refractivity contribution in [2.24, 2.45) is 0 Å². The maximum Gasteiger partial charge on any atom is 0.259 e. The van der Waals surface area contributed by atoms with Crippen molar-refractivity contribution in [1.82, 2.24) is 4.90 Å². The molecule has 2 aromatic carbocycles. The van der Waals surface area contributed by atoms with Gasteiger partial charge in [0.25, 0.3) is 5.91 Å². The van der Waals surface area contributed by atoms with Gasteiger partial charge in [0, 0.05) is 28.7 Å². The number of benzene rings is 2. The van der Waals surface area contributed by atoms with Crippen LogP contribution < -0.4 is 9.64 Å². The quantitative estimate of drug-likeness (QED) is 0.766. The summed E-state index contributed by atoms with van der Waals surface area (Å²) in [5, 5.41) is 0. The second-order valence-corrected chi connectivity index (χ2v) is 6.76.